The second-order valence-corrected chi connectivity index (χ2v) is 6.59. The summed E-state index contributed by atoms with van der Waals surface area (Å²) < 4.78 is 11.2. The van der Waals surface area contributed by atoms with Gasteiger partial charge in [-0.15, -0.1) is 0 Å². The minimum atomic E-state index is -0.939. The van der Waals surface area contributed by atoms with Crippen molar-refractivity contribution in [3.63, 3.8) is 0 Å². The van der Waals surface area contributed by atoms with Gasteiger partial charge in [-0.3, -0.25) is 0 Å². The van der Waals surface area contributed by atoms with Crippen molar-refractivity contribution in [2.45, 2.75) is 32.3 Å². The van der Waals surface area contributed by atoms with Crippen LogP contribution >= 0.6 is 11.6 Å². The van der Waals surface area contributed by atoms with Crippen molar-refractivity contribution in [2.75, 3.05) is 19.7 Å². The van der Waals surface area contributed by atoms with Crippen molar-refractivity contribution in [1.82, 2.24) is 5.32 Å². The van der Waals surface area contributed by atoms with E-state index in [1.54, 1.807) is 13.0 Å². The van der Waals surface area contributed by atoms with Crippen molar-refractivity contribution in [3.05, 3.63) is 59.1 Å². The van der Waals surface area contributed by atoms with Crippen LogP contribution in [-0.2, 0) is 11.2 Å². The number of benzene rings is 2. The third kappa shape index (κ3) is 7.89. The summed E-state index contributed by atoms with van der Waals surface area (Å²) in [5, 5.41) is 13.2. The van der Waals surface area contributed by atoms with Crippen molar-refractivity contribution >= 4 is 17.6 Å². The number of carboxylic acids is 1. The smallest absolute Gasteiger partial charge is 0.344 e. The number of ether oxygens (including phenoxy) is 2. The second kappa shape index (κ2) is 11.5. The molecular weight excluding hydrogens is 366 g/mol. The van der Waals surface area contributed by atoms with Gasteiger partial charge in [0.1, 0.15) is 11.5 Å². The summed E-state index contributed by atoms with van der Waals surface area (Å²) in [6.45, 7) is 4.13. The zero-order valence-electron chi connectivity index (χ0n) is 15.5. The molecule has 146 valence electrons. The summed E-state index contributed by atoms with van der Waals surface area (Å²) >= 11 is 5.84. The van der Waals surface area contributed by atoms with E-state index >= 15 is 0 Å². The molecule has 0 spiro atoms. The van der Waals surface area contributed by atoms with Crippen LogP contribution in [0.5, 0.6) is 11.5 Å². The van der Waals surface area contributed by atoms with Gasteiger partial charge in [0.05, 0.1) is 6.61 Å². The van der Waals surface area contributed by atoms with Crippen LogP contribution in [0.1, 0.15) is 25.3 Å². The number of hydrogen-bond acceptors (Lipinski definition) is 4. The Morgan fingerprint density at radius 2 is 1.93 bits per heavy atom. The predicted molar refractivity (Wildman–Crippen MR) is 107 cm³/mol. The van der Waals surface area contributed by atoms with Gasteiger partial charge >= 0.3 is 5.97 Å². The summed E-state index contributed by atoms with van der Waals surface area (Å²) in [4.78, 5) is 11.1. The number of halogens is 1. The van der Waals surface area contributed by atoms with Gasteiger partial charge in [0.2, 0.25) is 0 Å². The minimum absolute atomic E-state index is 0.430. The molecule has 0 aliphatic rings. The third-order valence-electron chi connectivity index (χ3n) is 3.99. The fourth-order valence-corrected chi connectivity index (χ4v) is 2.65. The molecule has 0 aromatic heterocycles. The molecule has 0 radical (unpaired) electrons. The van der Waals surface area contributed by atoms with Gasteiger partial charge in [0.15, 0.2) is 6.10 Å². The number of rotatable bonds is 12. The number of aliphatic carboxylic acids is 1. The highest BCUT2D eigenvalue weighted by Crippen LogP contribution is 2.17. The van der Waals surface area contributed by atoms with Crippen molar-refractivity contribution < 1.29 is 19.4 Å². The van der Waals surface area contributed by atoms with E-state index in [0.29, 0.717) is 23.8 Å². The molecule has 0 aliphatic carbocycles. The monoisotopic (exact) mass is 391 g/mol. The maximum atomic E-state index is 11.1. The van der Waals surface area contributed by atoms with E-state index in [2.05, 4.69) is 5.32 Å². The topological polar surface area (TPSA) is 67.8 Å². The van der Waals surface area contributed by atoms with Gasteiger partial charge < -0.3 is 19.9 Å². The Hall–Kier alpha value is -2.24. The molecule has 2 N–H and O–H groups in total. The largest absolute Gasteiger partial charge is 0.494 e. The molecule has 0 saturated heterocycles. The van der Waals surface area contributed by atoms with Gasteiger partial charge in [-0.1, -0.05) is 30.7 Å². The molecule has 5 nitrogen and oxygen atoms in total. The summed E-state index contributed by atoms with van der Waals surface area (Å²) in [6, 6.07) is 14.9. The molecule has 0 amide bonds. The molecule has 2 aromatic rings. The van der Waals surface area contributed by atoms with Gasteiger partial charge in [-0.05, 0) is 74.3 Å². The number of nitrogens with one attached hydrogen (secondary N) is 1. The van der Waals surface area contributed by atoms with Gasteiger partial charge in [0.25, 0.3) is 0 Å². The molecule has 2 rings (SSSR count). The van der Waals surface area contributed by atoms with E-state index in [9.17, 15) is 4.79 Å². The van der Waals surface area contributed by atoms with E-state index in [1.807, 2.05) is 42.5 Å². The Morgan fingerprint density at radius 3 is 2.63 bits per heavy atom. The first kappa shape index (κ1) is 21.1. The van der Waals surface area contributed by atoms with E-state index in [4.69, 9.17) is 26.2 Å². The van der Waals surface area contributed by atoms with Crippen molar-refractivity contribution in [2.24, 2.45) is 0 Å². The van der Waals surface area contributed by atoms with Crippen LogP contribution in [0.25, 0.3) is 0 Å². The highest BCUT2D eigenvalue weighted by atomic mass is 35.5. The lowest BCUT2D eigenvalue weighted by Crippen LogP contribution is -2.26. The molecule has 0 aliphatic heterocycles. The van der Waals surface area contributed by atoms with Crippen LogP contribution < -0.4 is 14.8 Å². The lowest BCUT2D eigenvalue weighted by atomic mass is 10.1. The lowest BCUT2D eigenvalue weighted by molar-refractivity contribution is -0.145. The molecular formula is C21H26ClNO4. The Morgan fingerprint density at radius 1 is 1.15 bits per heavy atom. The first-order valence-electron chi connectivity index (χ1n) is 9.16. The third-order valence-corrected chi connectivity index (χ3v) is 4.25. The van der Waals surface area contributed by atoms with Gasteiger partial charge in [-0.2, -0.15) is 0 Å². The fraction of sp³-hybridized carbons (Fsp3) is 0.381. The summed E-state index contributed by atoms with van der Waals surface area (Å²) in [5.74, 6) is 0.478. The molecule has 6 heteroatoms. The Bertz CT molecular complexity index is 706. The molecule has 0 fully saturated rings. The zero-order valence-corrected chi connectivity index (χ0v) is 16.2. The van der Waals surface area contributed by atoms with Crippen molar-refractivity contribution in [3.8, 4) is 11.5 Å². The SMILES string of the molecule is CCC(Oc1cccc(CCNCCCOc2ccc(Cl)cc2)c1)C(=O)O. The zero-order chi connectivity index (χ0) is 19.5. The minimum Gasteiger partial charge on any atom is -0.494 e. The van der Waals surface area contributed by atoms with E-state index in [-0.39, 0.29) is 0 Å². The molecule has 0 heterocycles. The first-order chi connectivity index (χ1) is 13.1. The Labute approximate surface area is 165 Å². The highest BCUT2D eigenvalue weighted by molar-refractivity contribution is 6.30. The van der Waals surface area contributed by atoms with E-state index in [1.165, 1.54) is 0 Å². The second-order valence-electron chi connectivity index (χ2n) is 6.16. The average Bonchev–Trinajstić information content (AvgIpc) is 2.67. The lowest BCUT2D eigenvalue weighted by Gasteiger charge is -2.14. The molecule has 1 unspecified atom stereocenters. The maximum absolute atomic E-state index is 11.1. The molecule has 0 bridgehead atoms. The first-order valence-corrected chi connectivity index (χ1v) is 9.53. The number of carbonyl (C=O) groups is 1. The Balaban J connectivity index is 1.63. The Kier molecular flexibility index (Phi) is 8.95. The van der Waals surface area contributed by atoms with Crippen LogP contribution in [0.4, 0.5) is 0 Å². The molecule has 2 aromatic carbocycles. The van der Waals surface area contributed by atoms with Gasteiger partial charge in [-0.25, -0.2) is 4.79 Å². The maximum Gasteiger partial charge on any atom is 0.344 e. The van der Waals surface area contributed by atoms with Crippen LogP contribution in [0.15, 0.2) is 48.5 Å². The van der Waals surface area contributed by atoms with E-state index < -0.39 is 12.1 Å². The molecule has 1 atom stereocenters. The number of hydrogen-bond donors (Lipinski definition) is 2. The van der Waals surface area contributed by atoms with Crippen LogP contribution in [-0.4, -0.2) is 36.9 Å². The van der Waals surface area contributed by atoms with Crippen LogP contribution in [0, 0.1) is 0 Å². The van der Waals surface area contributed by atoms with Gasteiger partial charge in [0, 0.05) is 5.02 Å². The molecule has 0 saturated carbocycles. The van der Waals surface area contributed by atoms with Crippen LogP contribution in [0.3, 0.4) is 0 Å². The average molecular weight is 392 g/mol. The number of carboxylic acid groups (broad SMARTS) is 1. The standard InChI is InChI=1S/C21H26ClNO4/c1-2-20(21(24)25)27-19-6-3-5-16(15-19)11-13-23-12-4-14-26-18-9-7-17(22)8-10-18/h3,5-10,15,20,23H,2,4,11-14H2,1H3,(H,24,25). The van der Waals surface area contributed by atoms with E-state index in [0.717, 1.165) is 37.2 Å². The summed E-state index contributed by atoms with van der Waals surface area (Å²) in [7, 11) is 0. The normalized spacial score (nSPS) is 11.8. The summed E-state index contributed by atoms with van der Waals surface area (Å²) in [6.07, 6.45) is 1.37. The predicted octanol–water partition coefficient (Wildman–Crippen LogP) is 4.18. The quantitative estimate of drug-likeness (QED) is 0.531. The molecule has 27 heavy (non-hydrogen) atoms. The highest BCUT2D eigenvalue weighted by Gasteiger charge is 2.16. The fourth-order valence-electron chi connectivity index (χ4n) is 2.52. The van der Waals surface area contributed by atoms with Crippen LogP contribution in [0.2, 0.25) is 5.02 Å². The summed E-state index contributed by atoms with van der Waals surface area (Å²) in [5.41, 5.74) is 1.11. The van der Waals surface area contributed by atoms with Crippen molar-refractivity contribution in [1.29, 1.82) is 0 Å².